The van der Waals surface area contributed by atoms with Gasteiger partial charge in [0.25, 0.3) is 0 Å². The monoisotopic (exact) mass is 294 g/mol. The van der Waals surface area contributed by atoms with Crippen molar-refractivity contribution in [3.8, 4) is 0 Å². The molecule has 0 N–H and O–H groups in total. The molecule has 2 amide bonds. The minimum absolute atomic E-state index is 0.201. The zero-order valence-corrected chi connectivity index (χ0v) is 13.3. The quantitative estimate of drug-likeness (QED) is 0.688. The molecule has 0 radical (unpaired) electrons. The fourth-order valence-corrected chi connectivity index (χ4v) is 4.09. The van der Waals surface area contributed by atoms with E-state index in [9.17, 15) is 9.59 Å². The van der Waals surface area contributed by atoms with Gasteiger partial charge in [0.1, 0.15) is 5.60 Å². The van der Waals surface area contributed by atoms with Crippen LogP contribution in [0.15, 0.2) is 0 Å². The molecule has 118 valence electrons. The van der Waals surface area contributed by atoms with Crippen LogP contribution in [0.25, 0.3) is 0 Å². The molecule has 0 aliphatic carbocycles. The number of piperidine rings is 3. The maximum Gasteiger partial charge on any atom is 0.410 e. The van der Waals surface area contributed by atoms with E-state index >= 15 is 0 Å². The molecular formula is C16H26N2O3. The van der Waals surface area contributed by atoms with Gasteiger partial charge in [0.05, 0.1) is 0 Å². The molecule has 3 saturated heterocycles. The van der Waals surface area contributed by atoms with Gasteiger partial charge in [-0.25, -0.2) is 4.79 Å². The second-order valence-corrected chi connectivity index (χ2v) is 7.75. The Bertz CT molecular complexity index is 443. The minimum atomic E-state index is -0.448. The Labute approximate surface area is 126 Å². The third-order valence-corrected chi connectivity index (χ3v) is 4.83. The lowest BCUT2D eigenvalue weighted by atomic mass is 9.76. The van der Waals surface area contributed by atoms with E-state index in [-0.39, 0.29) is 6.09 Å². The fourth-order valence-electron chi connectivity index (χ4n) is 4.09. The third-order valence-electron chi connectivity index (χ3n) is 4.83. The maximum absolute atomic E-state index is 12.3. The van der Waals surface area contributed by atoms with Crippen LogP contribution in [0, 0.1) is 11.8 Å². The van der Waals surface area contributed by atoms with Gasteiger partial charge in [-0.15, -0.1) is 0 Å². The average molecular weight is 294 g/mol. The molecular weight excluding hydrogens is 268 g/mol. The number of carbonyl (C=O) groups is 2. The van der Waals surface area contributed by atoms with Gasteiger partial charge in [-0.3, -0.25) is 4.79 Å². The number of rotatable bonds is 0. The van der Waals surface area contributed by atoms with Crippen molar-refractivity contribution in [3.63, 3.8) is 0 Å². The highest BCUT2D eigenvalue weighted by Crippen LogP contribution is 2.38. The largest absolute Gasteiger partial charge is 0.444 e. The lowest BCUT2D eigenvalue weighted by Gasteiger charge is -2.52. The number of fused-ring (bicyclic) bond motifs is 4. The maximum atomic E-state index is 12.3. The van der Waals surface area contributed by atoms with Crippen LogP contribution in [0.3, 0.4) is 0 Å². The lowest BCUT2D eigenvalue weighted by molar-refractivity contribution is -0.144. The van der Waals surface area contributed by atoms with E-state index in [2.05, 4.69) is 4.90 Å². The molecule has 3 rings (SSSR count). The topological polar surface area (TPSA) is 49.9 Å². The molecule has 5 heteroatoms. The van der Waals surface area contributed by atoms with E-state index < -0.39 is 5.60 Å². The predicted molar refractivity (Wildman–Crippen MR) is 78.8 cm³/mol. The Morgan fingerprint density at radius 3 is 2.71 bits per heavy atom. The first-order valence-electron chi connectivity index (χ1n) is 8.11. The summed E-state index contributed by atoms with van der Waals surface area (Å²) in [6.07, 6.45) is 3.73. The molecule has 2 bridgehead atoms. The smallest absolute Gasteiger partial charge is 0.410 e. The first-order valence-corrected chi connectivity index (χ1v) is 8.11. The van der Waals surface area contributed by atoms with Crippen molar-refractivity contribution in [2.75, 3.05) is 19.6 Å². The molecule has 0 saturated carbocycles. The predicted octanol–water partition coefficient (Wildman–Crippen LogP) is 2.25. The van der Waals surface area contributed by atoms with E-state index in [0.29, 0.717) is 30.2 Å². The van der Waals surface area contributed by atoms with Crippen LogP contribution in [0.1, 0.15) is 46.5 Å². The van der Waals surface area contributed by atoms with Crippen LogP contribution < -0.4 is 0 Å². The molecule has 0 spiro atoms. The second kappa shape index (κ2) is 5.18. The number of hydrogen-bond acceptors (Lipinski definition) is 3. The van der Waals surface area contributed by atoms with Gasteiger partial charge in [0.2, 0.25) is 5.91 Å². The molecule has 3 fully saturated rings. The summed E-state index contributed by atoms with van der Waals surface area (Å²) in [7, 11) is 0. The molecule has 3 aliphatic rings. The first-order chi connectivity index (χ1) is 9.83. The van der Waals surface area contributed by atoms with Crippen molar-refractivity contribution < 1.29 is 14.3 Å². The standard InChI is InChI=1S/C16H26N2O3/c1-16(2,3)21-15(20)17-8-11-7-12(10-17)13-5-4-6-14(19)18(13)9-11/h11-13H,4-10H2,1-3H3/t11-,12+,13-/m0/s1. The average Bonchev–Trinajstić information content (AvgIpc) is 2.38. The molecule has 0 aromatic heterocycles. The van der Waals surface area contributed by atoms with Crippen LogP contribution in [0.2, 0.25) is 0 Å². The van der Waals surface area contributed by atoms with Gasteiger partial charge in [-0.2, -0.15) is 0 Å². The summed E-state index contributed by atoms with van der Waals surface area (Å²) in [5.41, 5.74) is -0.448. The summed E-state index contributed by atoms with van der Waals surface area (Å²) >= 11 is 0. The molecule has 21 heavy (non-hydrogen) atoms. The Balaban J connectivity index is 1.69. The summed E-state index contributed by atoms with van der Waals surface area (Å²) in [6, 6.07) is 0.340. The Hall–Kier alpha value is -1.26. The van der Waals surface area contributed by atoms with Crippen molar-refractivity contribution in [1.29, 1.82) is 0 Å². The van der Waals surface area contributed by atoms with Crippen LogP contribution >= 0.6 is 0 Å². The van der Waals surface area contributed by atoms with E-state index in [1.165, 1.54) is 0 Å². The van der Waals surface area contributed by atoms with Crippen molar-refractivity contribution in [3.05, 3.63) is 0 Å². The van der Waals surface area contributed by atoms with Gasteiger partial charge < -0.3 is 14.5 Å². The zero-order valence-electron chi connectivity index (χ0n) is 13.3. The van der Waals surface area contributed by atoms with Crippen LogP contribution in [-0.4, -0.2) is 53.1 Å². The van der Waals surface area contributed by atoms with E-state index in [1.54, 1.807) is 0 Å². The van der Waals surface area contributed by atoms with Gasteiger partial charge in [-0.1, -0.05) is 0 Å². The molecule has 0 aromatic rings. The number of nitrogens with zero attached hydrogens (tertiary/aromatic N) is 2. The molecule has 5 nitrogen and oxygen atoms in total. The summed E-state index contributed by atoms with van der Waals surface area (Å²) in [5, 5.41) is 0. The van der Waals surface area contributed by atoms with Crippen LogP contribution in [0.4, 0.5) is 4.79 Å². The summed E-state index contributed by atoms with van der Waals surface area (Å²) < 4.78 is 5.51. The van der Waals surface area contributed by atoms with Gasteiger partial charge in [0.15, 0.2) is 0 Å². The van der Waals surface area contributed by atoms with Gasteiger partial charge in [0, 0.05) is 32.1 Å². The second-order valence-electron chi connectivity index (χ2n) is 7.75. The number of carbonyl (C=O) groups excluding carboxylic acids is 2. The summed E-state index contributed by atoms with van der Waals surface area (Å²) in [5.74, 6) is 1.15. The number of likely N-dealkylation sites (tertiary alicyclic amines) is 1. The highest BCUT2D eigenvalue weighted by Gasteiger charge is 2.45. The Morgan fingerprint density at radius 1 is 1.24 bits per heavy atom. The highest BCUT2D eigenvalue weighted by atomic mass is 16.6. The zero-order chi connectivity index (χ0) is 15.2. The summed E-state index contributed by atoms with van der Waals surface area (Å²) in [4.78, 5) is 28.3. The van der Waals surface area contributed by atoms with Gasteiger partial charge in [-0.05, 0) is 51.9 Å². The molecule has 3 atom stereocenters. The fraction of sp³-hybridized carbons (Fsp3) is 0.875. The summed E-state index contributed by atoms with van der Waals surface area (Å²) in [6.45, 7) is 7.98. The normalized spacial score (nSPS) is 32.7. The Morgan fingerprint density at radius 2 is 2.00 bits per heavy atom. The van der Waals surface area contributed by atoms with Crippen LogP contribution in [0.5, 0.6) is 0 Å². The number of amides is 2. The number of hydrogen-bond donors (Lipinski definition) is 0. The first kappa shape index (κ1) is 14.7. The number of ether oxygens (including phenoxy) is 1. The van der Waals surface area contributed by atoms with Crippen molar-refractivity contribution >= 4 is 12.0 Å². The van der Waals surface area contributed by atoms with E-state index in [0.717, 1.165) is 38.9 Å². The highest BCUT2D eigenvalue weighted by molar-refractivity contribution is 5.77. The Kier molecular flexibility index (Phi) is 3.62. The van der Waals surface area contributed by atoms with E-state index in [1.807, 2.05) is 25.7 Å². The lowest BCUT2D eigenvalue weighted by Crippen LogP contribution is -2.61. The SMILES string of the molecule is CC(C)(C)OC(=O)N1C[C@@H]2C[C@H](C1)[C@@H]1CCCC(=O)N1C2. The van der Waals surface area contributed by atoms with E-state index in [4.69, 9.17) is 4.74 Å². The molecule has 0 unspecified atom stereocenters. The molecule has 3 heterocycles. The van der Waals surface area contributed by atoms with Crippen LogP contribution in [-0.2, 0) is 9.53 Å². The van der Waals surface area contributed by atoms with Crippen molar-refractivity contribution in [2.45, 2.75) is 58.1 Å². The molecule has 0 aromatic carbocycles. The third kappa shape index (κ3) is 3.01. The van der Waals surface area contributed by atoms with Gasteiger partial charge >= 0.3 is 6.09 Å². The minimum Gasteiger partial charge on any atom is -0.444 e. The van der Waals surface area contributed by atoms with Crippen molar-refractivity contribution in [2.24, 2.45) is 11.8 Å². The van der Waals surface area contributed by atoms with Crippen molar-refractivity contribution in [1.82, 2.24) is 9.80 Å². The molecule has 3 aliphatic heterocycles.